The van der Waals surface area contributed by atoms with E-state index in [1.165, 1.54) is 0 Å². The van der Waals surface area contributed by atoms with E-state index >= 15 is 0 Å². The first-order valence-corrected chi connectivity index (χ1v) is 9.94. The Balaban J connectivity index is 1.67. The molecule has 1 fully saturated rings. The molecule has 0 radical (unpaired) electrons. The molecule has 2 aromatic carbocycles. The van der Waals surface area contributed by atoms with Gasteiger partial charge in [-0.05, 0) is 55.2 Å². The predicted octanol–water partition coefficient (Wildman–Crippen LogP) is 3.51. The number of amides is 3. The summed E-state index contributed by atoms with van der Waals surface area (Å²) in [5.41, 5.74) is 2.88. The van der Waals surface area contributed by atoms with Crippen LogP contribution >= 0.6 is 0 Å². The number of aryl methyl sites for hydroxylation is 1. The summed E-state index contributed by atoms with van der Waals surface area (Å²) in [6, 6.07) is 13.8. The Labute approximate surface area is 171 Å². The number of rotatable bonds is 6. The zero-order valence-corrected chi connectivity index (χ0v) is 17.1. The van der Waals surface area contributed by atoms with Crippen molar-refractivity contribution in [2.24, 2.45) is 5.92 Å². The van der Waals surface area contributed by atoms with E-state index in [1.54, 1.807) is 29.2 Å². The predicted molar refractivity (Wildman–Crippen MR) is 114 cm³/mol. The van der Waals surface area contributed by atoms with Crippen LogP contribution in [0.4, 0.5) is 11.4 Å². The zero-order chi connectivity index (χ0) is 21.0. The number of carbonyl (C=O) groups is 3. The average molecular weight is 393 g/mol. The van der Waals surface area contributed by atoms with E-state index in [1.807, 2.05) is 45.0 Å². The molecule has 0 aliphatic carbocycles. The summed E-state index contributed by atoms with van der Waals surface area (Å²) in [6.07, 6.45) is 1.45. The molecule has 3 amide bonds. The van der Waals surface area contributed by atoms with Gasteiger partial charge in [-0.1, -0.05) is 32.0 Å². The zero-order valence-electron chi connectivity index (χ0n) is 17.1. The molecule has 2 N–H and O–H groups in total. The summed E-state index contributed by atoms with van der Waals surface area (Å²) in [7, 11) is 0. The normalized spacial score (nSPS) is 14.8. The SMILES string of the molecule is Cc1ccccc1C(=O)NC(C(=O)Nc1ccc(N2CCCC2=O)cc1)C(C)C. The minimum absolute atomic E-state index is 0.0792. The van der Waals surface area contributed by atoms with Crippen molar-refractivity contribution in [3.63, 3.8) is 0 Å². The van der Waals surface area contributed by atoms with Crippen LogP contribution in [0, 0.1) is 12.8 Å². The Morgan fingerprint density at radius 3 is 2.31 bits per heavy atom. The number of nitrogens with one attached hydrogen (secondary N) is 2. The number of carbonyl (C=O) groups excluding carboxylic acids is 3. The molecule has 29 heavy (non-hydrogen) atoms. The molecule has 1 saturated heterocycles. The maximum absolute atomic E-state index is 12.8. The molecule has 0 bridgehead atoms. The van der Waals surface area contributed by atoms with Gasteiger partial charge in [0.25, 0.3) is 5.91 Å². The van der Waals surface area contributed by atoms with Crippen LogP contribution in [0.1, 0.15) is 42.6 Å². The van der Waals surface area contributed by atoms with Crippen LogP contribution in [0.2, 0.25) is 0 Å². The van der Waals surface area contributed by atoms with E-state index in [-0.39, 0.29) is 23.6 Å². The first-order chi connectivity index (χ1) is 13.9. The van der Waals surface area contributed by atoms with Gasteiger partial charge in [0, 0.05) is 29.9 Å². The smallest absolute Gasteiger partial charge is 0.252 e. The molecule has 1 unspecified atom stereocenters. The molecule has 152 valence electrons. The van der Waals surface area contributed by atoms with E-state index in [0.29, 0.717) is 17.7 Å². The molecule has 1 atom stereocenters. The Kier molecular flexibility index (Phi) is 6.32. The lowest BCUT2D eigenvalue weighted by molar-refractivity contribution is -0.119. The summed E-state index contributed by atoms with van der Waals surface area (Å²) in [5, 5.41) is 5.72. The quantitative estimate of drug-likeness (QED) is 0.788. The summed E-state index contributed by atoms with van der Waals surface area (Å²) >= 11 is 0. The lowest BCUT2D eigenvalue weighted by Crippen LogP contribution is -2.47. The van der Waals surface area contributed by atoms with Crippen LogP contribution in [0.5, 0.6) is 0 Å². The fourth-order valence-corrected chi connectivity index (χ4v) is 3.45. The number of hydrogen-bond donors (Lipinski definition) is 2. The van der Waals surface area contributed by atoms with Crippen LogP contribution in [0.15, 0.2) is 48.5 Å². The van der Waals surface area contributed by atoms with E-state index in [4.69, 9.17) is 0 Å². The van der Waals surface area contributed by atoms with Crippen molar-refractivity contribution in [2.75, 3.05) is 16.8 Å². The molecule has 0 spiro atoms. The Hall–Kier alpha value is -3.15. The van der Waals surface area contributed by atoms with Gasteiger partial charge in [-0.15, -0.1) is 0 Å². The molecule has 3 rings (SSSR count). The number of hydrogen-bond acceptors (Lipinski definition) is 3. The van der Waals surface area contributed by atoms with Crippen molar-refractivity contribution < 1.29 is 14.4 Å². The second-order valence-corrected chi connectivity index (χ2v) is 7.70. The highest BCUT2D eigenvalue weighted by Gasteiger charge is 2.26. The van der Waals surface area contributed by atoms with Crippen LogP contribution < -0.4 is 15.5 Å². The summed E-state index contributed by atoms with van der Waals surface area (Å²) in [4.78, 5) is 39.1. The molecular formula is C23H27N3O3. The summed E-state index contributed by atoms with van der Waals surface area (Å²) in [6.45, 7) is 6.38. The van der Waals surface area contributed by atoms with E-state index in [0.717, 1.165) is 24.2 Å². The Morgan fingerprint density at radius 1 is 1.03 bits per heavy atom. The molecule has 6 nitrogen and oxygen atoms in total. The van der Waals surface area contributed by atoms with Gasteiger partial charge < -0.3 is 15.5 Å². The largest absolute Gasteiger partial charge is 0.340 e. The number of anilines is 2. The van der Waals surface area contributed by atoms with Gasteiger partial charge in [-0.25, -0.2) is 0 Å². The maximum Gasteiger partial charge on any atom is 0.252 e. The van der Waals surface area contributed by atoms with Crippen LogP contribution in [0.3, 0.4) is 0 Å². The van der Waals surface area contributed by atoms with Crippen LogP contribution in [0.25, 0.3) is 0 Å². The van der Waals surface area contributed by atoms with Crippen molar-refractivity contribution in [3.8, 4) is 0 Å². The Morgan fingerprint density at radius 2 is 1.72 bits per heavy atom. The molecule has 6 heteroatoms. The first-order valence-electron chi connectivity index (χ1n) is 9.94. The minimum Gasteiger partial charge on any atom is -0.340 e. The van der Waals surface area contributed by atoms with E-state index < -0.39 is 6.04 Å². The van der Waals surface area contributed by atoms with E-state index in [9.17, 15) is 14.4 Å². The van der Waals surface area contributed by atoms with Gasteiger partial charge >= 0.3 is 0 Å². The highest BCUT2D eigenvalue weighted by atomic mass is 16.2. The number of nitrogens with zero attached hydrogens (tertiary/aromatic N) is 1. The van der Waals surface area contributed by atoms with Crippen molar-refractivity contribution in [1.29, 1.82) is 0 Å². The highest BCUT2D eigenvalue weighted by molar-refractivity contribution is 6.02. The van der Waals surface area contributed by atoms with Gasteiger partial charge in [0.15, 0.2) is 0 Å². The monoisotopic (exact) mass is 393 g/mol. The fraction of sp³-hybridized carbons (Fsp3) is 0.348. The van der Waals surface area contributed by atoms with Crippen molar-refractivity contribution in [2.45, 2.75) is 39.7 Å². The summed E-state index contributed by atoms with van der Waals surface area (Å²) in [5.74, 6) is -0.489. The minimum atomic E-state index is -0.665. The molecule has 2 aromatic rings. The fourth-order valence-electron chi connectivity index (χ4n) is 3.45. The van der Waals surface area contributed by atoms with Gasteiger partial charge in [-0.3, -0.25) is 14.4 Å². The second-order valence-electron chi connectivity index (χ2n) is 7.70. The molecular weight excluding hydrogens is 366 g/mol. The molecule has 0 saturated carbocycles. The maximum atomic E-state index is 12.8. The standard InChI is InChI=1S/C23H27N3O3/c1-15(2)21(25-22(28)19-8-5-4-7-16(19)3)23(29)24-17-10-12-18(13-11-17)26-14-6-9-20(26)27/h4-5,7-8,10-13,15,21H,6,9,14H2,1-3H3,(H,24,29)(H,25,28). The second kappa shape index (κ2) is 8.90. The van der Waals surface area contributed by atoms with Gasteiger partial charge in [0.2, 0.25) is 11.8 Å². The van der Waals surface area contributed by atoms with Crippen molar-refractivity contribution >= 4 is 29.1 Å². The van der Waals surface area contributed by atoms with Gasteiger partial charge in [0.1, 0.15) is 6.04 Å². The number of benzene rings is 2. The third-order valence-electron chi connectivity index (χ3n) is 5.15. The third-order valence-corrected chi connectivity index (χ3v) is 5.15. The topological polar surface area (TPSA) is 78.5 Å². The molecule has 1 aliphatic heterocycles. The van der Waals surface area contributed by atoms with Gasteiger partial charge in [-0.2, -0.15) is 0 Å². The van der Waals surface area contributed by atoms with E-state index in [2.05, 4.69) is 10.6 Å². The van der Waals surface area contributed by atoms with Crippen molar-refractivity contribution in [1.82, 2.24) is 5.32 Å². The van der Waals surface area contributed by atoms with Crippen LogP contribution in [-0.4, -0.2) is 30.3 Å². The van der Waals surface area contributed by atoms with Crippen molar-refractivity contribution in [3.05, 3.63) is 59.7 Å². The van der Waals surface area contributed by atoms with Gasteiger partial charge in [0.05, 0.1) is 0 Å². The summed E-state index contributed by atoms with van der Waals surface area (Å²) < 4.78 is 0. The molecule has 1 heterocycles. The highest BCUT2D eigenvalue weighted by Crippen LogP contribution is 2.23. The Bertz CT molecular complexity index is 906. The molecule has 0 aromatic heterocycles. The lowest BCUT2D eigenvalue weighted by Gasteiger charge is -2.22. The average Bonchev–Trinajstić information content (AvgIpc) is 3.12. The van der Waals surface area contributed by atoms with Crippen LogP contribution in [-0.2, 0) is 9.59 Å². The third kappa shape index (κ3) is 4.83. The lowest BCUT2D eigenvalue weighted by atomic mass is 10.0. The molecule has 1 aliphatic rings. The first kappa shape index (κ1) is 20.6.